The Morgan fingerprint density at radius 2 is 1.25 bits per heavy atom. The number of H-pyrrole nitrogens is 2. The molecule has 6 rings (SSSR count). The molecular formula is C27H17N5. The van der Waals surface area contributed by atoms with Crippen LogP contribution in [0.15, 0.2) is 66.7 Å². The van der Waals surface area contributed by atoms with Gasteiger partial charge in [-0.1, -0.05) is 18.2 Å². The molecule has 4 aromatic rings. The minimum Gasteiger partial charge on any atom is -0.355 e. The number of aromatic nitrogens is 4. The van der Waals surface area contributed by atoms with Crippen LogP contribution in [-0.2, 0) is 0 Å². The minimum absolute atomic E-state index is 0.637. The van der Waals surface area contributed by atoms with Crippen molar-refractivity contribution in [1.29, 1.82) is 5.26 Å². The highest BCUT2D eigenvalue weighted by atomic mass is 14.8. The SMILES string of the molecule is N#Cc1ccccc1-c1cc2cc3ccc(cc4nc(cc5nc(cc1[nH]2)C=C5)C=C4)[nH]3. The molecule has 5 nitrogen and oxygen atoms in total. The number of hydrogen-bond donors (Lipinski definition) is 2. The van der Waals surface area contributed by atoms with Crippen molar-refractivity contribution in [2.24, 2.45) is 0 Å². The summed E-state index contributed by atoms with van der Waals surface area (Å²) in [6.07, 6.45) is 7.96. The van der Waals surface area contributed by atoms with E-state index in [4.69, 9.17) is 4.98 Å². The van der Waals surface area contributed by atoms with Crippen LogP contribution in [0.4, 0.5) is 0 Å². The molecular weight excluding hydrogens is 394 g/mol. The number of nitrogens with zero attached hydrogens (tertiary/aromatic N) is 3. The van der Waals surface area contributed by atoms with Crippen LogP contribution in [0.3, 0.4) is 0 Å². The highest BCUT2D eigenvalue weighted by Gasteiger charge is 2.10. The summed E-state index contributed by atoms with van der Waals surface area (Å²) >= 11 is 0. The van der Waals surface area contributed by atoms with Crippen LogP contribution < -0.4 is 0 Å². The Kier molecular flexibility index (Phi) is 4.09. The third-order valence-corrected chi connectivity index (χ3v) is 5.51. The van der Waals surface area contributed by atoms with E-state index in [1.54, 1.807) is 0 Å². The van der Waals surface area contributed by atoms with Crippen LogP contribution in [0, 0.1) is 11.3 Å². The molecule has 8 bridgehead atoms. The van der Waals surface area contributed by atoms with Crippen LogP contribution in [0.2, 0.25) is 0 Å². The lowest BCUT2D eigenvalue weighted by Crippen LogP contribution is -1.82. The van der Waals surface area contributed by atoms with Crippen LogP contribution >= 0.6 is 0 Å². The first kappa shape index (κ1) is 18.1. The molecule has 2 N–H and O–H groups in total. The van der Waals surface area contributed by atoms with Gasteiger partial charge in [0.05, 0.1) is 34.4 Å². The molecule has 2 aliphatic heterocycles. The smallest absolute Gasteiger partial charge is 0.0998 e. The van der Waals surface area contributed by atoms with E-state index in [9.17, 15) is 5.26 Å². The van der Waals surface area contributed by atoms with E-state index in [1.807, 2.05) is 78.9 Å². The predicted octanol–water partition coefficient (Wildman–Crippen LogP) is 6.19. The molecule has 1 aromatic carbocycles. The lowest BCUT2D eigenvalue weighted by atomic mass is 10.0. The fourth-order valence-corrected chi connectivity index (χ4v) is 4.06. The molecule has 32 heavy (non-hydrogen) atoms. The Labute approximate surface area is 184 Å². The first-order valence-electron chi connectivity index (χ1n) is 10.3. The highest BCUT2D eigenvalue weighted by Crippen LogP contribution is 2.30. The van der Waals surface area contributed by atoms with Gasteiger partial charge in [0.15, 0.2) is 0 Å². The maximum Gasteiger partial charge on any atom is 0.0998 e. The highest BCUT2D eigenvalue weighted by molar-refractivity contribution is 5.89. The average molecular weight is 411 g/mol. The summed E-state index contributed by atoms with van der Waals surface area (Å²) < 4.78 is 0. The number of hydrogen-bond acceptors (Lipinski definition) is 3. The average Bonchev–Trinajstić information content (AvgIpc) is 3.59. The standard InChI is InChI=1S/C27H17N5/c28-16-17-3-1-2-4-25(17)26-14-24-13-22-8-7-20(30-22)11-18-5-6-19(29-18)12-21-9-10-23(31-21)15-27(26)32-24/h1-15,30,32H. The van der Waals surface area contributed by atoms with E-state index in [-0.39, 0.29) is 0 Å². The van der Waals surface area contributed by atoms with E-state index >= 15 is 0 Å². The molecule has 5 heterocycles. The van der Waals surface area contributed by atoms with E-state index in [1.165, 1.54) is 0 Å². The van der Waals surface area contributed by atoms with Gasteiger partial charge in [-0.2, -0.15) is 5.26 Å². The van der Waals surface area contributed by atoms with Crippen LogP contribution in [0.25, 0.3) is 57.5 Å². The minimum atomic E-state index is 0.637. The Hall–Kier alpha value is -4.69. The molecule has 0 radical (unpaired) electrons. The molecule has 2 aliphatic rings. The van der Waals surface area contributed by atoms with Gasteiger partial charge in [-0.15, -0.1) is 0 Å². The fourth-order valence-electron chi connectivity index (χ4n) is 4.06. The Bertz CT molecular complexity index is 1640. The predicted molar refractivity (Wildman–Crippen MR) is 129 cm³/mol. The normalized spacial score (nSPS) is 12.1. The van der Waals surface area contributed by atoms with Crippen molar-refractivity contribution in [2.45, 2.75) is 0 Å². The topological polar surface area (TPSA) is 81.2 Å². The largest absolute Gasteiger partial charge is 0.355 e. The first-order valence-corrected chi connectivity index (χ1v) is 10.3. The summed E-state index contributed by atoms with van der Waals surface area (Å²) in [6.45, 7) is 0. The van der Waals surface area contributed by atoms with E-state index in [2.05, 4.69) is 33.2 Å². The van der Waals surface area contributed by atoms with Crippen molar-refractivity contribution in [1.82, 2.24) is 19.9 Å². The van der Waals surface area contributed by atoms with Gasteiger partial charge in [-0.05, 0) is 72.8 Å². The molecule has 0 saturated heterocycles. The van der Waals surface area contributed by atoms with Crippen LogP contribution in [0.1, 0.15) is 28.3 Å². The zero-order valence-corrected chi connectivity index (χ0v) is 17.0. The Morgan fingerprint density at radius 3 is 2.00 bits per heavy atom. The maximum atomic E-state index is 9.63. The summed E-state index contributed by atoms with van der Waals surface area (Å²) in [7, 11) is 0. The van der Waals surface area contributed by atoms with Crippen molar-refractivity contribution >= 4 is 46.4 Å². The second kappa shape index (κ2) is 7.22. The van der Waals surface area contributed by atoms with Crippen molar-refractivity contribution in [3.63, 3.8) is 0 Å². The van der Waals surface area contributed by atoms with Gasteiger partial charge in [0, 0.05) is 33.2 Å². The van der Waals surface area contributed by atoms with Gasteiger partial charge < -0.3 is 9.97 Å². The molecule has 0 saturated carbocycles. The molecule has 150 valence electrons. The van der Waals surface area contributed by atoms with Gasteiger partial charge in [0.2, 0.25) is 0 Å². The molecule has 0 spiro atoms. The molecule has 0 unspecified atom stereocenters. The van der Waals surface area contributed by atoms with E-state index in [0.29, 0.717) is 5.56 Å². The van der Waals surface area contributed by atoms with Gasteiger partial charge in [-0.3, -0.25) is 0 Å². The van der Waals surface area contributed by atoms with Crippen molar-refractivity contribution < 1.29 is 0 Å². The van der Waals surface area contributed by atoms with Crippen molar-refractivity contribution in [3.8, 4) is 17.2 Å². The zero-order valence-electron chi connectivity index (χ0n) is 17.0. The van der Waals surface area contributed by atoms with Crippen molar-refractivity contribution in [3.05, 3.63) is 95.1 Å². The Balaban J connectivity index is 1.69. The first-order chi connectivity index (χ1) is 15.7. The Morgan fingerprint density at radius 1 is 0.594 bits per heavy atom. The van der Waals surface area contributed by atoms with Crippen molar-refractivity contribution in [2.75, 3.05) is 0 Å². The monoisotopic (exact) mass is 411 g/mol. The molecule has 5 heteroatoms. The summed E-state index contributed by atoms with van der Waals surface area (Å²) in [6, 6.07) is 24.2. The second-order valence-electron chi connectivity index (χ2n) is 7.75. The van der Waals surface area contributed by atoms with Crippen LogP contribution in [-0.4, -0.2) is 19.9 Å². The summed E-state index contributed by atoms with van der Waals surface area (Å²) in [5.74, 6) is 0. The molecule has 0 fully saturated rings. The van der Waals surface area contributed by atoms with Gasteiger partial charge in [0.25, 0.3) is 0 Å². The number of aromatic amines is 2. The van der Waals surface area contributed by atoms with Gasteiger partial charge >= 0.3 is 0 Å². The van der Waals surface area contributed by atoms with Gasteiger partial charge in [-0.25, -0.2) is 9.97 Å². The number of nitrogens with one attached hydrogen (secondary N) is 2. The summed E-state index contributed by atoms with van der Waals surface area (Å²) in [4.78, 5) is 16.3. The molecule has 0 aliphatic carbocycles. The number of fused-ring (bicyclic) bond motifs is 8. The number of nitriles is 1. The maximum absolute atomic E-state index is 9.63. The summed E-state index contributed by atoms with van der Waals surface area (Å²) in [5.41, 5.74) is 9.75. The lowest BCUT2D eigenvalue weighted by Gasteiger charge is -2.01. The number of benzene rings is 1. The quantitative estimate of drug-likeness (QED) is 0.338. The molecule has 3 aromatic heterocycles. The number of rotatable bonds is 1. The molecule has 0 atom stereocenters. The van der Waals surface area contributed by atoms with Crippen LogP contribution in [0.5, 0.6) is 0 Å². The fraction of sp³-hybridized carbons (Fsp3) is 0. The second-order valence-corrected chi connectivity index (χ2v) is 7.75. The van der Waals surface area contributed by atoms with E-state index in [0.717, 1.165) is 56.0 Å². The van der Waals surface area contributed by atoms with E-state index < -0.39 is 0 Å². The molecule has 0 amide bonds. The summed E-state index contributed by atoms with van der Waals surface area (Å²) in [5, 5.41) is 9.63. The lowest BCUT2D eigenvalue weighted by molar-refractivity contribution is 1.28. The third kappa shape index (κ3) is 3.30. The zero-order chi connectivity index (χ0) is 21.5. The third-order valence-electron chi connectivity index (χ3n) is 5.51. The van der Waals surface area contributed by atoms with Gasteiger partial charge in [0.1, 0.15) is 0 Å².